The van der Waals surface area contributed by atoms with E-state index in [1.807, 2.05) is 0 Å². The summed E-state index contributed by atoms with van der Waals surface area (Å²) >= 11 is 12.1. The van der Waals surface area contributed by atoms with Crippen LogP contribution in [0.4, 0.5) is 11.4 Å². The molecule has 1 aromatic rings. The average Bonchev–Trinajstić information content (AvgIpc) is 2.42. The number of nitrogens with zero attached hydrogens (tertiary/aromatic N) is 1. The van der Waals surface area contributed by atoms with E-state index in [-0.39, 0.29) is 5.91 Å². The highest BCUT2D eigenvalue weighted by molar-refractivity contribution is 6.39. The fraction of sp³-hybridized carbons (Fsp3) is 0.462. The van der Waals surface area contributed by atoms with Crippen LogP contribution in [0.2, 0.25) is 10.0 Å². The van der Waals surface area contributed by atoms with E-state index in [0.29, 0.717) is 60.7 Å². The molecule has 0 bridgehead atoms. The van der Waals surface area contributed by atoms with Crippen LogP contribution >= 0.6 is 23.2 Å². The van der Waals surface area contributed by atoms with Crippen molar-refractivity contribution in [1.29, 1.82) is 0 Å². The van der Waals surface area contributed by atoms with Gasteiger partial charge in [-0.25, -0.2) is 0 Å². The van der Waals surface area contributed by atoms with E-state index < -0.39 is 0 Å². The monoisotopic (exact) mass is 317 g/mol. The fourth-order valence-electron chi connectivity index (χ4n) is 2.03. The van der Waals surface area contributed by atoms with E-state index >= 15 is 0 Å². The second kappa shape index (κ2) is 7.02. The van der Waals surface area contributed by atoms with Crippen LogP contribution in [-0.2, 0) is 9.53 Å². The predicted octanol–water partition coefficient (Wildman–Crippen LogP) is 2.24. The molecule has 5 nitrogen and oxygen atoms in total. The van der Waals surface area contributed by atoms with Crippen molar-refractivity contribution in [3.05, 3.63) is 22.2 Å². The summed E-state index contributed by atoms with van der Waals surface area (Å²) in [5.41, 5.74) is 6.75. The van der Waals surface area contributed by atoms with E-state index in [1.54, 1.807) is 17.0 Å². The number of nitrogens with one attached hydrogen (secondary N) is 1. The number of amides is 1. The Bertz CT molecular complexity index is 467. The van der Waals surface area contributed by atoms with Gasteiger partial charge in [0, 0.05) is 31.7 Å². The van der Waals surface area contributed by atoms with E-state index in [1.165, 1.54) is 0 Å². The molecule has 0 aliphatic carbocycles. The number of morpholine rings is 1. The Morgan fingerprint density at radius 2 is 1.90 bits per heavy atom. The minimum Gasteiger partial charge on any atom is -0.399 e. The Labute approximate surface area is 128 Å². The van der Waals surface area contributed by atoms with Crippen LogP contribution in [-0.4, -0.2) is 43.7 Å². The Kier molecular flexibility index (Phi) is 5.34. The number of halogens is 2. The highest BCUT2D eigenvalue weighted by atomic mass is 35.5. The van der Waals surface area contributed by atoms with Crippen molar-refractivity contribution < 1.29 is 9.53 Å². The van der Waals surface area contributed by atoms with Gasteiger partial charge in [-0.2, -0.15) is 0 Å². The topological polar surface area (TPSA) is 67.6 Å². The summed E-state index contributed by atoms with van der Waals surface area (Å²) in [6.07, 6.45) is 0.386. The molecule has 2 rings (SSSR count). The molecule has 1 aromatic carbocycles. The largest absolute Gasteiger partial charge is 0.399 e. The number of hydrogen-bond donors (Lipinski definition) is 2. The molecule has 0 saturated carbocycles. The van der Waals surface area contributed by atoms with Gasteiger partial charge in [-0.15, -0.1) is 0 Å². The van der Waals surface area contributed by atoms with Crippen LogP contribution in [0.1, 0.15) is 6.42 Å². The number of rotatable bonds is 4. The predicted molar refractivity (Wildman–Crippen MR) is 81.4 cm³/mol. The number of carbonyl (C=O) groups excluding carboxylic acids is 1. The van der Waals surface area contributed by atoms with Crippen molar-refractivity contribution in [2.24, 2.45) is 0 Å². The molecule has 3 N–H and O–H groups in total. The van der Waals surface area contributed by atoms with E-state index in [9.17, 15) is 4.79 Å². The standard InChI is InChI=1S/C13H17Cl2N3O2/c14-10-7-9(16)8-11(15)13(10)17-2-1-12(19)18-3-5-20-6-4-18/h7-8,17H,1-6,16H2. The first kappa shape index (κ1) is 15.2. The number of nitrogens with two attached hydrogens (primary N) is 1. The highest BCUT2D eigenvalue weighted by Gasteiger charge is 2.16. The Balaban J connectivity index is 1.85. The summed E-state index contributed by atoms with van der Waals surface area (Å²) in [7, 11) is 0. The molecule has 1 aliphatic rings. The van der Waals surface area contributed by atoms with E-state index in [4.69, 9.17) is 33.7 Å². The molecule has 0 unspecified atom stereocenters. The number of carbonyl (C=O) groups is 1. The third-order valence-corrected chi connectivity index (χ3v) is 3.67. The molecule has 0 radical (unpaired) electrons. The lowest BCUT2D eigenvalue weighted by atomic mass is 10.2. The van der Waals surface area contributed by atoms with Crippen LogP contribution in [0.25, 0.3) is 0 Å². The molecule has 1 heterocycles. The van der Waals surface area contributed by atoms with Crippen LogP contribution in [0, 0.1) is 0 Å². The molecule has 110 valence electrons. The smallest absolute Gasteiger partial charge is 0.224 e. The maximum absolute atomic E-state index is 12.0. The quantitative estimate of drug-likeness (QED) is 0.836. The average molecular weight is 318 g/mol. The first-order valence-corrected chi connectivity index (χ1v) is 7.17. The Morgan fingerprint density at radius 1 is 1.30 bits per heavy atom. The Morgan fingerprint density at radius 3 is 2.50 bits per heavy atom. The van der Waals surface area contributed by atoms with Gasteiger partial charge in [-0.1, -0.05) is 23.2 Å². The van der Waals surface area contributed by atoms with Gasteiger partial charge in [0.2, 0.25) is 5.91 Å². The van der Waals surface area contributed by atoms with Crippen molar-refractivity contribution in [3.63, 3.8) is 0 Å². The van der Waals surface area contributed by atoms with Crippen molar-refractivity contribution in [3.8, 4) is 0 Å². The van der Waals surface area contributed by atoms with E-state index in [2.05, 4.69) is 5.32 Å². The van der Waals surface area contributed by atoms with Crippen molar-refractivity contribution in [2.75, 3.05) is 43.9 Å². The number of benzene rings is 1. The lowest BCUT2D eigenvalue weighted by Crippen LogP contribution is -2.41. The van der Waals surface area contributed by atoms with Crippen LogP contribution < -0.4 is 11.1 Å². The molecular formula is C13H17Cl2N3O2. The minimum atomic E-state index is 0.100. The molecule has 7 heteroatoms. The maximum Gasteiger partial charge on any atom is 0.224 e. The number of hydrogen-bond acceptors (Lipinski definition) is 4. The SMILES string of the molecule is Nc1cc(Cl)c(NCCC(=O)N2CCOCC2)c(Cl)c1. The van der Waals surface area contributed by atoms with Gasteiger partial charge in [0.15, 0.2) is 0 Å². The second-order valence-electron chi connectivity index (χ2n) is 4.53. The molecule has 1 fully saturated rings. The van der Waals surface area contributed by atoms with E-state index in [0.717, 1.165) is 0 Å². The molecule has 20 heavy (non-hydrogen) atoms. The molecule has 0 spiro atoms. The zero-order valence-corrected chi connectivity index (χ0v) is 12.5. The summed E-state index contributed by atoms with van der Waals surface area (Å²) < 4.78 is 5.21. The fourth-order valence-corrected chi connectivity index (χ4v) is 2.66. The summed E-state index contributed by atoms with van der Waals surface area (Å²) in [5.74, 6) is 0.100. The summed E-state index contributed by atoms with van der Waals surface area (Å²) in [4.78, 5) is 13.8. The van der Waals surface area contributed by atoms with Crippen LogP contribution in [0.15, 0.2) is 12.1 Å². The third kappa shape index (κ3) is 3.91. The Hall–Kier alpha value is -1.17. The van der Waals surface area contributed by atoms with Gasteiger partial charge in [0.25, 0.3) is 0 Å². The van der Waals surface area contributed by atoms with Crippen molar-refractivity contribution >= 4 is 40.5 Å². The third-order valence-electron chi connectivity index (χ3n) is 3.07. The molecule has 1 saturated heterocycles. The van der Waals surface area contributed by atoms with Crippen LogP contribution in [0.3, 0.4) is 0 Å². The molecular weight excluding hydrogens is 301 g/mol. The summed E-state index contributed by atoms with van der Waals surface area (Å²) in [5, 5.41) is 3.99. The number of anilines is 2. The van der Waals surface area contributed by atoms with Gasteiger partial charge in [0.05, 0.1) is 28.9 Å². The normalized spacial score (nSPS) is 15.2. The maximum atomic E-state index is 12.0. The minimum absolute atomic E-state index is 0.100. The first-order valence-electron chi connectivity index (χ1n) is 6.42. The van der Waals surface area contributed by atoms with Gasteiger partial charge in [0.1, 0.15) is 0 Å². The van der Waals surface area contributed by atoms with Crippen molar-refractivity contribution in [1.82, 2.24) is 4.90 Å². The highest BCUT2D eigenvalue weighted by Crippen LogP contribution is 2.32. The lowest BCUT2D eigenvalue weighted by molar-refractivity contribution is -0.134. The molecule has 1 aliphatic heterocycles. The molecule has 1 amide bonds. The first-order chi connectivity index (χ1) is 9.58. The molecule has 0 aromatic heterocycles. The lowest BCUT2D eigenvalue weighted by Gasteiger charge is -2.27. The van der Waals surface area contributed by atoms with Gasteiger partial charge < -0.3 is 20.7 Å². The second-order valence-corrected chi connectivity index (χ2v) is 5.34. The summed E-state index contributed by atoms with van der Waals surface area (Å²) in [6, 6.07) is 3.25. The van der Waals surface area contributed by atoms with Gasteiger partial charge in [-0.3, -0.25) is 4.79 Å². The zero-order chi connectivity index (χ0) is 14.5. The van der Waals surface area contributed by atoms with Crippen molar-refractivity contribution in [2.45, 2.75) is 6.42 Å². The number of ether oxygens (including phenoxy) is 1. The zero-order valence-electron chi connectivity index (χ0n) is 11.0. The van der Waals surface area contributed by atoms with Gasteiger partial charge >= 0.3 is 0 Å². The molecule has 0 atom stereocenters. The van der Waals surface area contributed by atoms with Gasteiger partial charge in [-0.05, 0) is 12.1 Å². The summed E-state index contributed by atoms with van der Waals surface area (Å²) in [6.45, 7) is 2.99. The van der Waals surface area contributed by atoms with Crippen LogP contribution in [0.5, 0.6) is 0 Å². The number of nitrogen functional groups attached to an aromatic ring is 1.